The number of nitrogens with one attached hydrogen (secondary N) is 1. The van der Waals surface area contributed by atoms with E-state index in [1.807, 2.05) is 6.07 Å². The number of aryl methyl sites for hydroxylation is 2. The Morgan fingerprint density at radius 3 is 2.57 bits per heavy atom. The summed E-state index contributed by atoms with van der Waals surface area (Å²) in [5, 5.41) is 3.24. The average Bonchev–Trinajstić information content (AvgIpc) is 2.93. The maximum atomic E-state index is 12.5. The molecule has 0 radical (unpaired) electrons. The number of hydrogen-bond acceptors (Lipinski definition) is 4. The molecule has 0 unspecified atom stereocenters. The maximum absolute atomic E-state index is 12.5. The van der Waals surface area contributed by atoms with Crippen LogP contribution >= 0.6 is 11.3 Å². The van der Waals surface area contributed by atoms with Crippen molar-refractivity contribution in [1.82, 2.24) is 10.2 Å². The summed E-state index contributed by atoms with van der Waals surface area (Å²) in [5.74, 6) is 0.0874. The Morgan fingerprint density at radius 1 is 1.26 bits per heavy atom. The molecule has 1 aromatic rings. The number of ether oxygens (including phenoxy) is 1. The van der Waals surface area contributed by atoms with E-state index in [0.29, 0.717) is 0 Å². The zero-order chi connectivity index (χ0) is 16.3. The first-order valence-electron chi connectivity index (χ1n) is 8.79. The van der Waals surface area contributed by atoms with Crippen molar-refractivity contribution in [2.75, 3.05) is 32.8 Å². The summed E-state index contributed by atoms with van der Waals surface area (Å²) in [6.07, 6.45) is 6.24. The van der Waals surface area contributed by atoms with Gasteiger partial charge in [0, 0.05) is 30.1 Å². The van der Waals surface area contributed by atoms with Gasteiger partial charge >= 0.3 is 0 Å². The van der Waals surface area contributed by atoms with Crippen LogP contribution < -0.4 is 5.32 Å². The molecule has 5 heteroatoms. The van der Waals surface area contributed by atoms with Crippen molar-refractivity contribution in [3.05, 3.63) is 21.4 Å². The van der Waals surface area contributed by atoms with Gasteiger partial charge in [-0.1, -0.05) is 19.3 Å². The Balaban J connectivity index is 1.67. The molecule has 0 spiro atoms. The third kappa shape index (κ3) is 3.78. The molecule has 4 nitrogen and oxygen atoms in total. The lowest BCUT2D eigenvalue weighted by molar-refractivity contribution is -0.0361. The van der Waals surface area contributed by atoms with Gasteiger partial charge in [-0.05, 0) is 38.3 Å². The summed E-state index contributed by atoms with van der Waals surface area (Å²) in [6, 6.07) is 2.01. The van der Waals surface area contributed by atoms with Crippen molar-refractivity contribution in [1.29, 1.82) is 0 Å². The lowest BCUT2D eigenvalue weighted by atomic mass is 9.79. The summed E-state index contributed by atoms with van der Waals surface area (Å²) in [6.45, 7) is 8.53. The van der Waals surface area contributed by atoms with Crippen LogP contribution in [0.25, 0.3) is 0 Å². The number of rotatable bonds is 4. The topological polar surface area (TPSA) is 41.6 Å². The van der Waals surface area contributed by atoms with E-state index in [1.54, 1.807) is 11.3 Å². The lowest BCUT2D eigenvalue weighted by Gasteiger charge is -2.48. The van der Waals surface area contributed by atoms with Gasteiger partial charge in [-0.15, -0.1) is 11.3 Å². The summed E-state index contributed by atoms with van der Waals surface area (Å²) in [7, 11) is 0. The van der Waals surface area contributed by atoms with Crippen LogP contribution in [0.1, 0.15) is 52.2 Å². The predicted octanol–water partition coefficient (Wildman–Crippen LogP) is 3.13. The zero-order valence-electron chi connectivity index (χ0n) is 14.3. The van der Waals surface area contributed by atoms with Crippen molar-refractivity contribution in [2.45, 2.75) is 51.5 Å². The number of amides is 1. The molecule has 3 rings (SSSR count). The molecule has 0 atom stereocenters. The number of hydrogen-bond donors (Lipinski definition) is 1. The van der Waals surface area contributed by atoms with E-state index < -0.39 is 0 Å². The summed E-state index contributed by atoms with van der Waals surface area (Å²) >= 11 is 1.60. The molecule has 23 heavy (non-hydrogen) atoms. The predicted molar refractivity (Wildman–Crippen MR) is 94.3 cm³/mol. The second-order valence-corrected chi connectivity index (χ2v) is 8.17. The van der Waals surface area contributed by atoms with E-state index >= 15 is 0 Å². The van der Waals surface area contributed by atoms with Crippen LogP contribution in [0.3, 0.4) is 0 Å². The van der Waals surface area contributed by atoms with Gasteiger partial charge in [0.1, 0.15) is 0 Å². The SMILES string of the molecule is Cc1cc(C(=O)NCC2(N3CCOCC3)CCCCC2)sc1C. The second kappa shape index (κ2) is 7.32. The number of thiophene rings is 1. The van der Waals surface area contributed by atoms with Crippen LogP contribution in [0.4, 0.5) is 0 Å². The molecule has 1 aliphatic heterocycles. The third-order valence-electron chi connectivity index (χ3n) is 5.43. The minimum atomic E-state index is 0.0874. The maximum Gasteiger partial charge on any atom is 0.261 e. The molecule has 0 bridgehead atoms. The van der Waals surface area contributed by atoms with Gasteiger partial charge in [-0.3, -0.25) is 9.69 Å². The van der Waals surface area contributed by atoms with Gasteiger partial charge in [0.2, 0.25) is 0 Å². The van der Waals surface area contributed by atoms with Crippen molar-refractivity contribution in [2.24, 2.45) is 0 Å². The Morgan fingerprint density at radius 2 is 1.96 bits per heavy atom. The fourth-order valence-corrected chi connectivity index (χ4v) is 4.82. The molecule has 1 N–H and O–H groups in total. The smallest absolute Gasteiger partial charge is 0.261 e. The van der Waals surface area contributed by atoms with Gasteiger partial charge in [-0.25, -0.2) is 0 Å². The number of carbonyl (C=O) groups is 1. The molecular weight excluding hydrogens is 308 g/mol. The summed E-state index contributed by atoms with van der Waals surface area (Å²) in [4.78, 5) is 17.2. The molecule has 0 aromatic carbocycles. The van der Waals surface area contributed by atoms with Crippen LogP contribution in [-0.4, -0.2) is 49.2 Å². The molecule has 1 saturated heterocycles. The van der Waals surface area contributed by atoms with E-state index in [-0.39, 0.29) is 11.4 Å². The van der Waals surface area contributed by atoms with Gasteiger partial charge < -0.3 is 10.1 Å². The molecule has 1 amide bonds. The highest BCUT2D eigenvalue weighted by molar-refractivity contribution is 7.14. The number of nitrogens with zero attached hydrogens (tertiary/aromatic N) is 1. The first kappa shape index (κ1) is 16.9. The molecule has 128 valence electrons. The van der Waals surface area contributed by atoms with Gasteiger partial charge in [0.25, 0.3) is 5.91 Å². The highest BCUT2D eigenvalue weighted by atomic mass is 32.1. The molecule has 1 aliphatic carbocycles. The molecule has 1 saturated carbocycles. The molecule has 2 fully saturated rings. The molecule has 2 heterocycles. The number of carbonyl (C=O) groups excluding carboxylic acids is 1. The first-order chi connectivity index (χ1) is 11.1. The summed E-state index contributed by atoms with van der Waals surface area (Å²) in [5.41, 5.74) is 1.35. The van der Waals surface area contributed by atoms with Crippen molar-refractivity contribution >= 4 is 17.2 Å². The van der Waals surface area contributed by atoms with E-state index in [1.165, 1.54) is 42.5 Å². The van der Waals surface area contributed by atoms with Crippen LogP contribution in [0.2, 0.25) is 0 Å². The van der Waals surface area contributed by atoms with E-state index in [0.717, 1.165) is 37.7 Å². The molecular formula is C18H28N2O2S. The zero-order valence-corrected chi connectivity index (χ0v) is 15.1. The van der Waals surface area contributed by atoms with Gasteiger partial charge in [0.15, 0.2) is 0 Å². The van der Waals surface area contributed by atoms with E-state index in [2.05, 4.69) is 24.1 Å². The second-order valence-electron chi connectivity index (χ2n) is 6.92. The average molecular weight is 337 g/mol. The fraction of sp³-hybridized carbons (Fsp3) is 0.722. The number of morpholine rings is 1. The lowest BCUT2D eigenvalue weighted by Crippen LogP contribution is -2.59. The normalized spacial score (nSPS) is 22.0. The first-order valence-corrected chi connectivity index (χ1v) is 9.60. The third-order valence-corrected chi connectivity index (χ3v) is 6.59. The van der Waals surface area contributed by atoms with Crippen molar-refractivity contribution in [3.63, 3.8) is 0 Å². The quantitative estimate of drug-likeness (QED) is 0.918. The van der Waals surface area contributed by atoms with Crippen molar-refractivity contribution in [3.8, 4) is 0 Å². The largest absolute Gasteiger partial charge is 0.379 e. The monoisotopic (exact) mass is 336 g/mol. The van der Waals surface area contributed by atoms with E-state index in [9.17, 15) is 4.79 Å². The van der Waals surface area contributed by atoms with E-state index in [4.69, 9.17) is 4.74 Å². The Labute approximate surface area is 143 Å². The van der Waals surface area contributed by atoms with Gasteiger partial charge in [-0.2, -0.15) is 0 Å². The fourth-order valence-electron chi connectivity index (χ4n) is 3.87. The van der Waals surface area contributed by atoms with Crippen LogP contribution in [-0.2, 0) is 4.74 Å². The van der Waals surface area contributed by atoms with Crippen LogP contribution in [0.15, 0.2) is 6.07 Å². The highest BCUT2D eigenvalue weighted by Gasteiger charge is 2.38. The molecule has 2 aliphatic rings. The van der Waals surface area contributed by atoms with Crippen LogP contribution in [0.5, 0.6) is 0 Å². The Bertz CT molecular complexity index is 524. The van der Waals surface area contributed by atoms with Crippen molar-refractivity contribution < 1.29 is 9.53 Å². The summed E-state index contributed by atoms with van der Waals surface area (Å²) < 4.78 is 5.52. The Hall–Kier alpha value is -0.910. The Kier molecular flexibility index (Phi) is 5.39. The highest BCUT2D eigenvalue weighted by Crippen LogP contribution is 2.34. The minimum Gasteiger partial charge on any atom is -0.379 e. The standard InChI is InChI=1S/C18H28N2O2S/c1-14-12-16(23-15(14)2)17(21)19-13-18(6-4-3-5-7-18)20-8-10-22-11-9-20/h12H,3-11,13H2,1-2H3,(H,19,21). The minimum absolute atomic E-state index is 0.0874. The molecule has 1 aromatic heterocycles. The van der Waals surface area contributed by atoms with Gasteiger partial charge in [0.05, 0.1) is 18.1 Å². The van der Waals surface area contributed by atoms with Crippen LogP contribution in [0, 0.1) is 13.8 Å².